The van der Waals surface area contributed by atoms with Crippen LogP contribution >= 0.6 is 24.0 Å². The molecule has 2 aromatic carbocycles. The molecule has 2 rings (SSSR count). The molecule has 0 saturated heterocycles. The molecule has 160 valence electrons. The van der Waals surface area contributed by atoms with Crippen LogP contribution in [0.1, 0.15) is 23.6 Å². The number of rotatable bonds is 8. The van der Waals surface area contributed by atoms with E-state index in [2.05, 4.69) is 46.1 Å². The third kappa shape index (κ3) is 9.84. The molecule has 0 unspecified atom stereocenters. The highest BCUT2D eigenvalue weighted by Gasteiger charge is 2.30. The summed E-state index contributed by atoms with van der Waals surface area (Å²) in [6.45, 7) is 4.75. The average Bonchev–Trinajstić information content (AvgIpc) is 2.65. The summed E-state index contributed by atoms with van der Waals surface area (Å²) in [7, 11) is 2.06. The molecule has 0 amide bonds. The number of hydrogen-bond acceptors (Lipinski definition) is 3. The Morgan fingerprint density at radius 2 is 1.76 bits per heavy atom. The molecule has 0 atom stereocenters. The second kappa shape index (κ2) is 11.9. The minimum Gasteiger partial charge on any atom is -0.406 e. The predicted molar refractivity (Wildman–Crippen MR) is 119 cm³/mol. The Bertz CT molecular complexity index is 782. The second-order valence-electron chi connectivity index (χ2n) is 6.40. The van der Waals surface area contributed by atoms with Gasteiger partial charge in [0.05, 0.1) is 6.54 Å². The van der Waals surface area contributed by atoms with Crippen LogP contribution in [0.2, 0.25) is 0 Å². The standard InChI is InChI=1S/C20H25F3N4O.HI/c1-3-27(2)14-17-6-4-5-16(11-17)13-26-19(24)25-12-15-7-9-18(10-8-15)28-20(21,22)23;/h4-11H,3,12-14H2,1-2H3,(H3,24,25,26);1H. The molecule has 3 N–H and O–H groups in total. The molecule has 0 radical (unpaired) electrons. The molecule has 0 saturated carbocycles. The molecule has 9 heteroatoms. The third-order valence-corrected chi connectivity index (χ3v) is 4.05. The first-order chi connectivity index (χ1) is 13.2. The highest BCUT2D eigenvalue weighted by atomic mass is 127. The van der Waals surface area contributed by atoms with Gasteiger partial charge in [0.25, 0.3) is 0 Å². The first kappa shape index (κ1) is 25.0. The van der Waals surface area contributed by atoms with Gasteiger partial charge in [0.1, 0.15) is 5.75 Å². The topological polar surface area (TPSA) is 62.9 Å². The summed E-state index contributed by atoms with van der Waals surface area (Å²) in [4.78, 5) is 6.52. The summed E-state index contributed by atoms with van der Waals surface area (Å²) in [5.41, 5.74) is 8.91. The molecule has 2 aromatic rings. The minimum atomic E-state index is -4.69. The first-order valence-electron chi connectivity index (χ1n) is 8.90. The molecule has 0 aromatic heterocycles. The van der Waals surface area contributed by atoms with Crippen molar-refractivity contribution >= 4 is 29.9 Å². The van der Waals surface area contributed by atoms with Crippen LogP contribution in [0.15, 0.2) is 53.5 Å². The van der Waals surface area contributed by atoms with Gasteiger partial charge in [0.2, 0.25) is 0 Å². The summed E-state index contributed by atoms with van der Waals surface area (Å²) >= 11 is 0. The van der Waals surface area contributed by atoms with Crippen LogP contribution in [0.4, 0.5) is 13.2 Å². The van der Waals surface area contributed by atoms with Crippen molar-refractivity contribution in [2.75, 3.05) is 13.6 Å². The molecular formula is C20H26F3IN4O. The maximum absolute atomic E-state index is 12.2. The predicted octanol–water partition coefficient (Wildman–Crippen LogP) is 4.26. The summed E-state index contributed by atoms with van der Waals surface area (Å²) in [6, 6.07) is 13.8. The molecule has 29 heavy (non-hydrogen) atoms. The number of benzene rings is 2. The lowest BCUT2D eigenvalue weighted by Gasteiger charge is -2.14. The largest absolute Gasteiger partial charge is 0.573 e. The number of guanidine groups is 1. The van der Waals surface area contributed by atoms with E-state index in [1.54, 1.807) is 0 Å². The van der Waals surface area contributed by atoms with E-state index in [0.29, 0.717) is 13.1 Å². The van der Waals surface area contributed by atoms with Crippen LogP contribution in [0.5, 0.6) is 5.75 Å². The van der Waals surface area contributed by atoms with Gasteiger partial charge >= 0.3 is 6.36 Å². The molecule has 0 aliphatic heterocycles. The summed E-state index contributed by atoms with van der Waals surface area (Å²) in [6.07, 6.45) is -4.69. The number of ether oxygens (including phenoxy) is 1. The maximum atomic E-state index is 12.2. The molecule has 0 bridgehead atoms. The average molecular weight is 522 g/mol. The normalized spacial score (nSPS) is 11.9. The summed E-state index contributed by atoms with van der Waals surface area (Å²) in [5, 5.41) is 2.95. The fraction of sp³-hybridized carbons (Fsp3) is 0.350. The van der Waals surface area contributed by atoms with E-state index >= 15 is 0 Å². The van der Waals surface area contributed by atoms with Crippen molar-refractivity contribution in [3.8, 4) is 5.75 Å². The lowest BCUT2D eigenvalue weighted by atomic mass is 10.1. The Balaban J connectivity index is 0.00000420. The number of halogens is 4. The van der Waals surface area contributed by atoms with Crippen molar-refractivity contribution < 1.29 is 17.9 Å². The van der Waals surface area contributed by atoms with Gasteiger partial charge in [-0.3, -0.25) is 0 Å². The Hall–Kier alpha value is -2.01. The number of hydrogen-bond donors (Lipinski definition) is 2. The van der Waals surface area contributed by atoms with Gasteiger partial charge in [-0.15, -0.1) is 37.1 Å². The van der Waals surface area contributed by atoms with Crippen molar-refractivity contribution in [3.05, 3.63) is 65.2 Å². The van der Waals surface area contributed by atoms with E-state index in [9.17, 15) is 13.2 Å². The van der Waals surface area contributed by atoms with Crippen LogP contribution in [0, 0.1) is 0 Å². The van der Waals surface area contributed by atoms with Gasteiger partial charge < -0.3 is 20.7 Å². The lowest BCUT2D eigenvalue weighted by molar-refractivity contribution is -0.274. The van der Waals surface area contributed by atoms with Crippen molar-refractivity contribution in [3.63, 3.8) is 0 Å². The van der Waals surface area contributed by atoms with Gasteiger partial charge in [-0.1, -0.05) is 43.3 Å². The molecule has 5 nitrogen and oxygen atoms in total. The van der Waals surface area contributed by atoms with Crippen LogP contribution in [0.3, 0.4) is 0 Å². The van der Waals surface area contributed by atoms with E-state index in [1.807, 2.05) is 12.1 Å². The lowest BCUT2D eigenvalue weighted by Crippen LogP contribution is -2.31. The zero-order chi connectivity index (χ0) is 20.6. The fourth-order valence-electron chi connectivity index (χ4n) is 2.48. The minimum absolute atomic E-state index is 0. The first-order valence-corrected chi connectivity index (χ1v) is 8.90. The number of nitrogens with one attached hydrogen (secondary N) is 1. The van der Waals surface area contributed by atoms with Gasteiger partial charge in [-0.05, 0) is 42.4 Å². The van der Waals surface area contributed by atoms with Crippen LogP contribution in [-0.2, 0) is 19.6 Å². The van der Waals surface area contributed by atoms with Gasteiger partial charge in [0, 0.05) is 13.1 Å². The van der Waals surface area contributed by atoms with Crippen molar-refractivity contribution in [2.45, 2.75) is 32.9 Å². The van der Waals surface area contributed by atoms with E-state index < -0.39 is 6.36 Å². The SMILES string of the molecule is CCN(C)Cc1cccc(CN=C(N)NCc2ccc(OC(F)(F)F)cc2)c1.I. The van der Waals surface area contributed by atoms with Crippen molar-refractivity contribution in [1.29, 1.82) is 0 Å². The highest BCUT2D eigenvalue weighted by Crippen LogP contribution is 2.22. The molecule has 0 aliphatic carbocycles. The molecule has 0 spiro atoms. The van der Waals surface area contributed by atoms with Crippen LogP contribution in [0.25, 0.3) is 0 Å². The Kier molecular flexibility index (Phi) is 10.2. The number of aliphatic imine (C=N–C) groups is 1. The third-order valence-electron chi connectivity index (χ3n) is 4.05. The van der Waals surface area contributed by atoms with E-state index in [1.165, 1.54) is 29.8 Å². The monoisotopic (exact) mass is 522 g/mol. The Labute approximate surface area is 186 Å². The maximum Gasteiger partial charge on any atom is 0.573 e. The van der Waals surface area contributed by atoms with Gasteiger partial charge in [0.15, 0.2) is 5.96 Å². The van der Waals surface area contributed by atoms with Gasteiger partial charge in [-0.25, -0.2) is 4.99 Å². The van der Waals surface area contributed by atoms with E-state index in [0.717, 1.165) is 24.2 Å². The number of nitrogens with two attached hydrogens (primary N) is 1. The second-order valence-corrected chi connectivity index (χ2v) is 6.40. The smallest absolute Gasteiger partial charge is 0.406 e. The zero-order valence-corrected chi connectivity index (χ0v) is 18.7. The van der Waals surface area contributed by atoms with E-state index in [-0.39, 0.29) is 35.7 Å². The quantitative estimate of drug-likeness (QED) is 0.309. The zero-order valence-electron chi connectivity index (χ0n) is 16.4. The highest BCUT2D eigenvalue weighted by molar-refractivity contribution is 14.0. The molecular weight excluding hydrogens is 496 g/mol. The number of alkyl halides is 3. The Morgan fingerprint density at radius 3 is 2.38 bits per heavy atom. The van der Waals surface area contributed by atoms with Crippen LogP contribution < -0.4 is 15.8 Å². The van der Waals surface area contributed by atoms with Gasteiger partial charge in [-0.2, -0.15) is 0 Å². The molecule has 0 aliphatic rings. The molecule has 0 fully saturated rings. The Morgan fingerprint density at radius 1 is 1.10 bits per heavy atom. The van der Waals surface area contributed by atoms with Crippen LogP contribution in [-0.4, -0.2) is 30.8 Å². The summed E-state index contributed by atoms with van der Waals surface area (Å²) in [5.74, 6) is 0.0122. The summed E-state index contributed by atoms with van der Waals surface area (Å²) < 4.78 is 40.3. The fourth-order valence-corrected chi connectivity index (χ4v) is 2.48. The number of nitrogens with zero attached hydrogens (tertiary/aromatic N) is 2. The van der Waals surface area contributed by atoms with E-state index in [4.69, 9.17) is 5.73 Å². The molecule has 0 heterocycles. The van der Waals surface area contributed by atoms with Crippen molar-refractivity contribution in [2.24, 2.45) is 10.7 Å². The van der Waals surface area contributed by atoms with Crippen molar-refractivity contribution in [1.82, 2.24) is 10.2 Å².